The van der Waals surface area contributed by atoms with E-state index < -0.39 is 0 Å². The molecule has 0 radical (unpaired) electrons. The summed E-state index contributed by atoms with van der Waals surface area (Å²) in [5, 5.41) is 4.25. The minimum Gasteiger partial charge on any atom is -0.497 e. The second-order valence-corrected chi connectivity index (χ2v) is 7.73. The van der Waals surface area contributed by atoms with Crippen molar-refractivity contribution in [3.8, 4) is 16.9 Å². The number of fused-ring (bicyclic) bond motifs is 4. The Labute approximate surface area is 170 Å². The predicted molar refractivity (Wildman–Crippen MR) is 118 cm³/mol. The highest BCUT2D eigenvalue weighted by molar-refractivity contribution is 6.14. The molecule has 0 aliphatic carbocycles. The summed E-state index contributed by atoms with van der Waals surface area (Å²) in [4.78, 5) is 28.6. The minimum absolute atomic E-state index is 0.0424. The van der Waals surface area contributed by atoms with E-state index >= 15 is 0 Å². The molecule has 30 heavy (non-hydrogen) atoms. The van der Waals surface area contributed by atoms with Crippen molar-refractivity contribution in [1.29, 1.82) is 0 Å². The lowest BCUT2D eigenvalue weighted by Gasteiger charge is -2.10. The number of nitrogens with one attached hydrogen (secondary N) is 2. The number of hydrogen-bond acceptors (Lipinski definition) is 4. The summed E-state index contributed by atoms with van der Waals surface area (Å²) in [5.41, 5.74) is 4.27. The van der Waals surface area contributed by atoms with E-state index in [0.29, 0.717) is 33.3 Å². The Morgan fingerprint density at radius 3 is 2.43 bits per heavy atom. The van der Waals surface area contributed by atoms with Gasteiger partial charge in [-0.1, -0.05) is 12.1 Å². The van der Waals surface area contributed by atoms with Crippen LogP contribution < -0.4 is 15.7 Å². The molecular weight excluding hydrogens is 382 g/mol. The summed E-state index contributed by atoms with van der Waals surface area (Å²) in [6.07, 6.45) is 0. The minimum atomic E-state index is -0.204. The third-order valence-corrected chi connectivity index (χ3v) is 5.60. The fraction of sp³-hybridized carbons (Fsp3) is 0.217. The summed E-state index contributed by atoms with van der Waals surface area (Å²) >= 11 is 0. The van der Waals surface area contributed by atoms with Crippen molar-refractivity contribution >= 4 is 33.1 Å². The molecule has 0 bridgehead atoms. The number of hydrogen-bond donors (Lipinski definition) is 2. The fourth-order valence-corrected chi connectivity index (χ4v) is 4.03. The number of benzene rings is 2. The zero-order valence-corrected chi connectivity index (χ0v) is 17.1. The van der Waals surface area contributed by atoms with Crippen LogP contribution in [0, 0.1) is 6.92 Å². The number of aryl methyl sites for hydroxylation is 1. The summed E-state index contributed by atoms with van der Waals surface area (Å²) in [7, 11) is 1.61. The van der Waals surface area contributed by atoms with Crippen LogP contribution in [0.15, 0.2) is 50.4 Å². The third kappa shape index (κ3) is 2.45. The van der Waals surface area contributed by atoms with Crippen molar-refractivity contribution in [2.45, 2.75) is 26.8 Å². The molecule has 0 aliphatic rings. The molecule has 0 spiro atoms. The Hall–Kier alpha value is -3.74. The highest BCUT2D eigenvalue weighted by Crippen LogP contribution is 2.39. The normalized spacial score (nSPS) is 11.9. The van der Waals surface area contributed by atoms with Gasteiger partial charge >= 0.3 is 0 Å². The largest absolute Gasteiger partial charge is 0.497 e. The Morgan fingerprint density at radius 1 is 1.03 bits per heavy atom. The molecule has 152 valence electrons. The van der Waals surface area contributed by atoms with Crippen LogP contribution in [0.2, 0.25) is 0 Å². The van der Waals surface area contributed by atoms with Crippen molar-refractivity contribution in [2.24, 2.45) is 0 Å². The van der Waals surface area contributed by atoms with Crippen molar-refractivity contribution in [2.75, 3.05) is 7.11 Å². The van der Waals surface area contributed by atoms with E-state index in [-0.39, 0.29) is 17.0 Å². The molecule has 0 unspecified atom stereocenters. The average molecular weight is 403 g/mol. The zero-order chi connectivity index (χ0) is 21.2. The highest BCUT2D eigenvalue weighted by Gasteiger charge is 2.23. The molecule has 0 amide bonds. The van der Waals surface area contributed by atoms with Gasteiger partial charge in [0.25, 0.3) is 5.56 Å². The van der Waals surface area contributed by atoms with Gasteiger partial charge in [-0.05, 0) is 50.6 Å². The standard InChI is InChI=1S/C23H21N3O4/c1-11(2)26-22-18(23(28)25-26)17(13-5-7-14(29-4)8-6-13)21-19(24-22)15-9-10-16(27)12(3)20(15)30-21/h5-11,24H,1-4H3,(H,25,28). The molecule has 2 N–H and O–H groups in total. The molecule has 0 saturated heterocycles. The molecule has 3 heterocycles. The van der Waals surface area contributed by atoms with E-state index in [9.17, 15) is 9.59 Å². The number of rotatable bonds is 3. The summed E-state index contributed by atoms with van der Waals surface area (Å²) in [6, 6.07) is 10.9. The Balaban J connectivity index is 2.03. The smallest absolute Gasteiger partial charge is 0.274 e. The molecule has 5 rings (SSSR count). The lowest BCUT2D eigenvalue weighted by Crippen LogP contribution is -2.07. The van der Waals surface area contributed by atoms with Gasteiger partial charge in [-0.3, -0.25) is 19.4 Å². The maximum absolute atomic E-state index is 13.0. The second kappa shape index (κ2) is 6.38. The van der Waals surface area contributed by atoms with Gasteiger partial charge in [-0.25, -0.2) is 0 Å². The van der Waals surface area contributed by atoms with Crippen LogP contribution in [-0.2, 0) is 0 Å². The number of ether oxygens (including phenoxy) is 1. The first kappa shape index (κ1) is 18.3. The maximum Gasteiger partial charge on any atom is 0.274 e. The summed E-state index contributed by atoms with van der Waals surface area (Å²) in [6.45, 7) is 5.75. The second-order valence-electron chi connectivity index (χ2n) is 7.73. The van der Waals surface area contributed by atoms with Crippen LogP contribution in [0.5, 0.6) is 5.75 Å². The van der Waals surface area contributed by atoms with Gasteiger partial charge in [0, 0.05) is 22.6 Å². The van der Waals surface area contributed by atoms with E-state index in [4.69, 9.17) is 9.15 Å². The topological polar surface area (TPSA) is 93.0 Å². The number of H-pyrrole nitrogens is 2. The van der Waals surface area contributed by atoms with Gasteiger partial charge in [0.05, 0.1) is 18.0 Å². The van der Waals surface area contributed by atoms with Crippen LogP contribution in [0.3, 0.4) is 0 Å². The first-order valence-electron chi connectivity index (χ1n) is 9.77. The lowest BCUT2D eigenvalue weighted by molar-refractivity contribution is 0.415. The van der Waals surface area contributed by atoms with E-state index in [1.165, 1.54) is 0 Å². The molecule has 7 heteroatoms. The van der Waals surface area contributed by atoms with Crippen LogP contribution in [-0.4, -0.2) is 21.9 Å². The van der Waals surface area contributed by atoms with Gasteiger partial charge in [-0.2, -0.15) is 0 Å². The zero-order valence-electron chi connectivity index (χ0n) is 17.1. The van der Waals surface area contributed by atoms with Crippen molar-refractivity contribution in [3.63, 3.8) is 0 Å². The van der Waals surface area contributed by atoms with E-state index in [0.717, 1.165) is 22.2 Å². The molecule has 0 saturated carbocycles. The number of furan rings is 1. The molecule has 5 aromatic rings. The predicted octanol–water partition coefficient (Wildman–Crippen LogP) is 4.48. The molecular formula is C23H21N3O4. The Bertz CT molecular complexity index is 1550. The van der Waals surface area contributed by atoms with Crippen LogP contribution in [0.4, 0.5) is 0 Å². The Kier molecular flexibility index (Phi) is 3.89. The van der Waals surface area contributed by atoms with Gasteiger partial charge in [0.1, 0.15) is 17.0 Å². The number of aromatic nitrogens is 3. The van der Waals surface area contributed by atoms with E-state index in [2.05, 4.69) is 10.1 Å². The number of methoxy groups -OCH3 is 1. The fourth-order valence-electron chi connectivity index (χ4n) is 4.03. The van der Waals surface area contributed by atoms with Crippen LogP contribution in [0.25, 0.3) is 44.2 Å². The molecule has 0 atom stereocenters. The maximum atomic E-state index is 13.0. The lowest BCUT2D eigenvalue weighted by atomic mass is 10.0. The van der Waals surface area contributed by atoms with Crippen molar-refractivity contribution in [3.05, 3.63) is 62.5 Å². The Morgan fingerprint density at radius 2 is 1.77 bits per heavy atom. The molecule has 0 aliphatic heterocycles. The van der Waals surface area contributed by atoms with Gasteiger partial charge in [-0.15, -0.1) is 0 Å². The molecule has 2 aromatic carbocycles. The van der Waals surface area contributed by atoms with Crippen molar-refractivity contribution in [1.82, 2.24) is 14.8 Å². The van der Waals surface area contributed by atoms with Crippen LogP contribution >= 0.6 is 0 Å². The molecule has 7 nitrogen and oxygen atoms in total. The first-order chi connectivity index (χ1) is 14.4. The van der Waals surface area contributed by atoms with Gasteiger partial charge in [0.15, 0.2) is 11.0 Å². The quantitative estimate of drug-likeness (QED) is 0.464. The molecule has 3 aromatic heterocycles. The first-order valence-corrected chi connectivity index (χ1v) is 9.77. The number of nitrogens with zero attached hydrogens (tertiary/aromatic N) is 1. The summed E-state index contributed by atoms with van der Waals surface area (Å²) in [5.74, 6) is 0.721. The monoisotopic (exact) mass is 403 g/mol. The van der Waals surface area contributed by atoms with E-state index in [1.807, 2.05) is 42.8 Å². The van der Waals surface area contributed by atoms with E-state index in [1.54, 1.807) is 26.2 Å². The number of pyridine rings is 1. The summed E-state index contributed by atoms with van der Waals surface area (Å²) < 4.78 is 13.3. The average Bonchev–Trinajstić information content (AvgIpc) is 3.28. The third-order valence-electron chi connectivity index (χ3n) is 5.60. The van der Waals surface area contributed by atoms with Crippen molar-refractivity contribution < 1.29 is 9.15 Å². The van der Waals surface area contributed by atoms with Gasteiger partial charge < -0.3 is 14.1 Å². The highest BCUT2D eigenvalue weighted by atomic mass is 16.5. The molecule has 0 fully saturated rings. The van der Waals surface area contributed by atoms with Gasteiger partial charge in [0.2, 0.25) is 0 Å². The number of aromatic amines is 2. The SMILES string of the molecule is COc1ccc(-c2c3oc4c(C)c(=O)ccc4c3[nH]c3c2c(=O)[nH]n3C(C)C)cc1. The van der Waals surface area contributed by atoms with Crippen LogP contribution in [0.1, 0.15) is 25.5 Å².